The van der Waals surface area contributed by atoms with Gasteiger partial charge in [0.05, 0.1) is 32.0 Å². The average molecular weight is 767 g/mol. The maximum Gasteiger partial charge on any atom is 0.430 e. The van der Waals surface area contributed by atoms with Crippen LogP contribution in [0.2, 0.25) is 0 Å². The molecule has 0 bridgehead atoms. The van der Waals surface area contributed by atoms with Gasteiger partial charge in [-0.2, -0.15) is 13.2 Å². The molecule has 2 fully saturated rings. The van der Waals surface area contributed by atoms with Crippen LogP contribution < -0.4 is 0 Å². The Bertz CT molecular complexity index is 2310. The van der Waals surface area contributed by atoms with Crippen molar-refractivity contribution in [1.82, 2.24) is 18.9 Å². The smallest absolute Gasteiger partial charge is 0.378 e. The summed E-state index contributed by atoms with van der Waals surface area (Å²) in [6, 6.07) is 33.5. The molecule has 1 unspecified atom stereocenters. The molecule has 0 aliphatic carbocycles. The number of ether oxygens (including phenoxy) is 2. The number of rotatable bonds is 8. The van der Waals surface area contributed by atoms with E-state index in [4.69, 9.17) is 9.47 Å². The number of amides is 2. The molecule has 13 heteroatoms. The van der Waals surface area contributed by atoms with Crippen LogP contribution in [0.25, 0.3) is 21.8 Å². The third kappa shape index (κ3) is 7.83. The summed E-state index contributed by atoms with van der Waals surface area (Å²) in [6.07, 6.45) is -2.15. The molecule has 2 aromatic heterocycles. The lowest BCUT2D eigenvalue weighted by Crippen LogP contribution is -2.57. The van der Waals surface area contributed by atoms with E-state index in [0.29, 0.717) is 50.5 Å². The van der Waals surface area contributed by atoms with Gasteiger partial charge in [-0.1, -0.05) is 97.1 Å². The Hall–Kier alpha value is -5.76. The number of aromatic nitrogens is 2. The minimum Gasteiger partial charge on any atom is -0.378 e. The number of nitrogens with zero attached hydrogens (tertiary/aromatic N) is 4. The Morgan fingerprint density at radius 1 is 0.589 bits per heavy atom. The van der Waals surface area contributed by atoms with Crippen LogP contribution in [0, 0.1) is 0 Å². The second-order valence-electron chi connectivity index (χ2n) is 13.7. The van der Waals surface area contributed by atoms with E-state index < -0.39 is 34.9 Å². The number of halogens is 3. The third-order valence-electron chi connectivity index (χ3n) is 10.1. The van der Waals surface area contributed by atoms with E-state index in [1.54, 1.807) is 33.9 Å². The summed E-state index contributed by atoms with van der Waals surface area (Å²) in [6.45, 7) is 3.12. The molecule has 1 N–H and O–H groups in total. The van der Waals surface area contributed by atoms with E-state index in [-0.39, 0.29) is 31.7 Å². The van der Waals surface area contributed by atoms with Gasteiger partial charge in [0, 0.05) is 79.0 Å². The Morgan fingerprint density at radius 3 is 1.57 bits per heavy atom. The molecule has 1 atom stereocenters. The van der Waals surface area contributed by atoms with Crippen LogP contribution in [0.3, 0.4) is 0 Å². The summed E-state index contributed by atoms with van der Waals surface area (Å²) in [7, 11) is 0. The van der Waals surface area contributed by atoms with Gasteiger partial charge in [-0.3, -0.25) is 14.4 Å². The first kappa shape index (κ1) is 38.5. The fourth-order valence-corrected chi connectivity index (χ4v) is 7.19. The first-order valence-electron chi connectivity index (χ1n) is 18.4. The van der Waals surface area contributed by atoms with Crippen LogP contribution in [-0.2, 0) is 37.8 Å². The van der Waals surface area contributed by atoms with E-state index in [9.17, 15) is 32.7 Å². The molecule has 0 saturated carbocycles. The van der Waals surface area contributed by atoms with Gasteiger partial charge in [0.25, 0.3) is 23.2 Å². The van der Waals surface area contributed by atoms with Crippen molar-refractivity contribution in [3.8, 4) is 0 Å². The van der Waals surface area contributed by atoms with E-state index in [1.807, 2.05) is 77.4 Å². The van der Waals surface area contributed by atoms with E-state index in [0.717, 1.165) is 26.9 Å². The van der Waals surface area contributed by atoms with Crippen molar-refractivity contribution in [3.05, 3.63) is 144 Å². The predicted octanol–water partition coefficient (Wildman–Crippen LogP) is 6.03. The molecule has 56 heavy (non-hydrogen) atoms. The zero-order valence-electron chi connectivity index (χ0n) is 30.5. The Labute approximate surface area is 321 Å². The lowest BCUT2D eigenvalue weighted by atomic mass is 9.90. The second kappa shape index (κ2) is 16.5. The molecule has 2 saturated heterocycles. The predicted molar refractivity (Wildman–Crippen MR) is 204 cm³/mol. The number of fused-ring (bicyclic) bond motifs is 2. The van der Waals surface area contributed by atoms with E-state index in [1.165, 1.54) is 12.3 Å². The van der Waals surface area contributed by atoms with Crippen molar-refractivity contribution in [1.29, 1.82) is 0 Å². The van der Waals surface area contributed by atoms with E-state index in [2.05, 4.69) is 12.1 Å². The summed E-state index contributed by atoms with van der Waals surface area (Å²) in [4.78, 5) is 41.1. The molecule has 4 aromatic carbocycles. The summed E-state index contributed by atoms with van der Waals surface area (Å²) in [5.41, 5.74) is -0.146. The topological polar surface area (TPSA) is 106 Å². The molecular weight excluding hydrogens is 725 g/mol. The van der Waals surface area contributed by atoms with Crippen molar-refractivity contribution < 1.29 is 42.1 Å². The highest BCUT2D eigenvalue weighted by Crippen LogP contribution is 2.44. The van der Waals surface area contributed by atoms with Crippen molar-refractivity contribution in [2.24, 2.45) is 0 Å². The number of morpholine rings is 2. The molecule has 2 aliphatic rings. The molecule has 8 rings (SSSR count). The number of aliphatic hydroxyl groups is 1. The van der Waals surface area contributed by atoms with Gasteiger partial charge < -0.3 is 33.5 Å². The van der Waals surface area contributed by atoms with Gasteiger partial charge in [-0.15, -0.1) is 0 Å². The Kier molecular flexibility index (Phi) is 11.4. The van der Waals surface area contributed by atoms with Crippen LogP contribution in [0.4, 0.5) is 13.2 Å². The van der Waals surface area contributed by atoms with Crippen molar-refractivity contribution in [3.63, 3.8) is 0 Å². The molecule has 6 aromatic rings. The van der Waals surface area contributed by atoms with Crippen LogP contribution in [0.15, 0.2) is 122 Å². The standard InChI is InChI=1S/C22H21F3N2O3.C21H20N2O3/c23-22(24,25)21(29,20(28)26-10-12-30-13-11-26)18-15-27(14-16-6-2-1-3-7-16)19-9-5-4-8-17(18)19;24-20(21(25)22-10-12-26-13-11-22)18-15-23(14-16-6-2-1-3-7-16)19-9-5-4-8-17(18)19/h1-9,15,29H,10-14H2;1-9,15H,10-14H2. The zero-order valence-corrected chi connectivity index (χ0v) is 30.5. The number of alkyl halides is 3. The maximum atomic E-state index is 14.2. The molecule has 290 valence electrons. The number of hydrogen-bond acceptors (Lipinski definition) is 6. The van der Waals surface area contributed by atoms with Crippen LogP contribution in [0.5, 0.6) is 0 Å². The zero-order chi connectivity index (χ0) is 39.3. The Morgan fingerprint density at radius 2 is 1.04 bits per heavy atom. The lowest BCUT2D eigenvalue weighted by molar-refractivity contribution is -0.262. The van der Waals surface area contributed by atoms with Gasteiger partial charge in [0.15, 0.2) is 0 Å². The van der Waals surface area contributed by atoms with E-state index >= 15 is 0 Å². The second-order valence-corrected chi connectivity index (χ2v) is 13.7. The first-order valence-corrected chi connectivity index (χ1v) is 18.4. The number of carbonyl (C=O) groups excluding carboxylic acids is 3. The molecule has 0 radical (unpaired) electrons. The van der Waals surface area contributed by atoms with Gasteiger partial charge in [0.1, 0.15) is 0 Å². The average Bonchev–Trinajstić information content (AvgIpc) is 3.79. The summed E-state index contributed by atoms with van der Waals surface area (Å²) >= 11 is 0. The molecule has 0 spiro atoms. The molecule has 2 aliphatic heterocycles. The minimum absolute atomic E-state index is 0.000119. The fraction of sp³-hybridized carbons (Fsp3) is 0.279. The van der Waals surface area contributed by atoms with Gasteiger partial charge in [-0.25, -0.2) is 0 Å². The first-order chi connectivity index (χ1) is 27.1. The fourth-order valence-electron chi connectivity index (χ4n) is 7.19. The van der Waals surface area contributed by atoms with Gasteiger partial charge in [0.2, 0.25) is 0 Å². The summed E-state index contributed by atoms with van der Waals surface area (Å²) < 4.78 is 56.7. The van der Waals surface area contributed by atoms with Crippen molar-refractivity contribution >= 4 is 39.4 Å². The molecule has 4 heterocycles. The molecule has 10 nitrogen and oxygen atoms in total. The molecule has 2 amide bonds. The minimum atomic E-state index is -5.19. The number of para-hydroxylation sites is 2. The highest BCUT2D eigenvalue weighted by molar-refractivity contribution is 6.44. The lowest BCUT2D eigenvalue weighted by Gasteiger charge is -2.36. The van der Waals surface area contributed by atoms with Crippen LogP contribution >= 0.6 is 0 Å². The monoisotopic (exact) mass is 766 g/mol. The number of hydrogen-bond donors (Lipinski definition) is 1. The Balaban J connectivity index is 0.000000173. The highest BCUT2D eigenvalue weighted by atomic mass is 19.4. The SMILES string of the molecule is O=C(C(=O)N1CCOCC1)c1cn(Cc2ccccc2)c2ccccc12.O=C(N1CCOCC1)C(O)(c1cn(Cc2ccccc2)c2ccccc12)C(F)(F)F. The maximum absolute atomic E-state index is 14.2. The summed E-state index contributed by atoms with van der Waals surface area (Å²) in [5, 5.41) is 12.0. The normalized spacial score (nSPS) is 15.9. The van der Waals surface area contributed by atoms with Crippen molar-refractivity contribution in [2.45, 2.75) is 24.9 Å². The van der Waals surface area contributed by atoms with Gasteiger partial charge >= 0.3 is 6.18 Å². The third-order valence-corrected chi connectivity index (χ3v) is 10.1. The summed E-state index contributed by atoms with van der Waals surface area (Å²) in [5.74, 6) is -2.27. The number of Topliss-reactive ketones (excluding diaryl/α,β-unsaturated/α-hetero) is 1. The quantitative estimate of drug-likeness (QED) is 0.150. The largest absolute Gasteiger partial charge is 0.430 e. The highest BCUT2D eigenvalue weighted by Gasteiger charge is 2.63. The number of carbonyl (C=O) groups is 3. The molecular formula is C43H41F3N4O6. The number of ketones is 1. The van der Waals surface area contributed by atoms with Crippen molar-refractivity contribution in [2.75, 3.05) is 52.6 Å². The van der Waals surface area contributed by atoms with Gasteiger partial charge in [-0.05, 0) is 23.3 Å². The number of benzene rings is 4. The van der Waals surface area contributed by atoms with Crippen LogP contribution in [-0.4, -0.2) is 100 Å². The van der Waals surface area contributed by atoms with Crippen LogP contribution in [0.1, 0.15) is 27.0 Å².